The number of hydrogen-bond donors (Lipinski definition) is 1. The van der Waals surface area contributed by atoms with Gasteiger partial charge in [-0.2, -0.15) is 0 Å². The van der Waals surface area contributed by atoms with Gasteiger partial charge in [0.15, 0.2) is 0 Å². The van der Waals surface area contributed by atoms with E-state index in [0.29, 0.717) is 12.5 Å². The first-order chi connectivity index (χ1) is 12.3. The van der Waals surface area contributed by atoms with Crippen molar-refractivity contribution < 1.29 is 14.6 Å². The number of carbonyl (C=O) groups is 1. The molecule has 2 aromatic rings. The summed E-state index contributed by atoms with van der Waals surface area (Å²) in [6.07, 6.45) is 2.92. The monoisotopic (exact) mass is 339 g/mol. The fraction of sp³-hybridized carbons (Fsp3) is 0.381. The van der Waals surface area contributed by atoms with Gasteiger partial charge in [-0.15, -0.1) is 0 Å². The molecule has 3 rings (SSSR count). The van der Waals surface area contributed by atoms with Crippen LogP contribution in [0, 0.1) is 5.92 Å². The van der Waals surface area contributed by atoms with Crippen LogP contribution in [-0.2, 0) is 17.9 Å². The summed E-state index contributed by atoms with van der Waals surface area (Å²) < 4.78 is 5.54. The van der Waals surface area contributed by atoms with E-state index in [4.69, 9.17) is 4.74 Å². The van der Waals surface area contributed by atoms with Gasteiger partial charge >= 0.3 is 6.09 Å². The lowest BCUT2D eigenvalue weighted by Crippen LogP contribution is -2.48. The Hall–Kier alpha value is -2.33. The summed E-state index contributed by atoms with van der Waals surface area (Å²) in [5.41, 5.74) is 2.00. The second-order valence-corrected chi connectivity index (χ2v) is 6.59. The fourth-order valence-electron chi connectivity index (χ4n) is 3.23. The quantitative estimate of drug-likeness (QED) is 0.830. The average molecular weight is 339 g/mol. The van der Waals surface area contributed by atoms with Crippen LogP contribution < -0.4 is 0 Å². The second-order valence-electron chi connectivity index (χ2n) is 6.59. The average Bonchev–Trinajstić information content (AvgIpc) is 2.62. The fourth-order valence-corrected chi connectivity index (χ4v) is 3.23. The van der Waals surface area contributed by atoms with Crippen molar-refractivity contribution in [2.75, 3.05) is 6.61 Å². The molecule has 132 valence electrons. The van der Waals surface area contributed by atoms with Crippen molar-refractivity contribution in [3.63, 3.8) is 0 Å². The van der Waals surface area contributed by atoms with Crippen molar-refractivity contribution in [3.05, 3.63) is 71.8 Å². The van der Waals surface area contributed by atoms with Gasteiger partial charge in [0.2, 0.25) is 0 Å². The van der Waals surface area contributed by atoms with Crippen molar-refractivity contribution in [1.82, 2.24) is 4.90 Å². The standard InChI is InChI=1S/C21H25NO3/c23-15-20(19-12-7-13-19)22(14-17-8-3-1-4-9-17)21(24)25-16-18-10-5-2-6-11-18/h1-6,8-11,19-20,23H,7,12-16H2. The van der Waals surface area contributed by atoms with E-state index in [-0.39, 0.29) is 25.3 Å². The van der Waals surface area contributed by atoms with E-state index in [9.17, 15) is 9.90 Å². The number of hydrogen-bond acceptors (Lipinski definition) is 3. The number of benzene rings is 2. The first-order valence-electron chi connectivity index (χ1n) is 8.90. The van der Waals surface area contributed by atoms with Crippen LogP contribution in [-0.4, -0.2) is 28.7 Å². The largest absolute Gasteiger partial charge is 0.445 e. The number of aliphatic hydroxyl groups is 1. The summed E-state index contributed by atoms with van der Waals surface area (Å²) in [6, 6.07) is 19.3. The molecule has 1 atom stereocenters. The van der Waals surface area contributed by atoms with Crippen LogP contribution in [0.25, 0.3) is 0 Å². The summed E-state index contributed by atoms with van der Waals surface area (Å²) in [6.45, 7) is 0.669. The maximum atomic E-state index is 12.8. The second kappa shape index (κ2) is 8.67. The molecule has 0 saturated heterocycles. The molecule has 0 aromatic heterocycles. The van der Waals surface area contributed by atoms with Crippen LogP contribution in [0.3, 0.4) is 0 Å². The van der Waals surface area contributed by atoms with Crippen molar-refractivity contribution in [2.45, 2.75) is 38.5 Å². The van der Waals surface area contributed by atoms with Crippen LogP contribution in [0.5, 0.6) is 0 Å². The minimum atomic E-state index is -0.362. The van der Waals surface area contributed by atoms with E-state index in [2.05, 4.69) is 0 Å². The Kier molecular flexibility index (Phi) is 6.07. The van der Waals surface area contributed by atoms with E-state index in [1.54, 1.807) is 4.90 Å². The third-order valence-electron chi connectivity index (χ3n) is 4.92. The Morgan fingerprint density at radius 2 is 1.64 bits per heavy atom. The molecule has 1 unspecified atom stereocenters. The maximum Gasteiger partial charge on any atom is 0.410 e. The number of rotatable bonds is 7. The van der Waals surface area contributed by atoms with Crippen LogP contribution >= 0.6 is 0 Å². The zero-order valence-corrected chi connectivity index (χ0v) is 14.4. The molecule has 4 nitrogen and oxygen atoms in total. The molecule has 1 aliphatic carbocycles. The van der Waals surface area contributed by atoms with Gasteiger partial charge in [-0.25, -0.2) is 4.79 Å². The Bertz CT molecular complexity index is 655. The van der Waals surface area contributed by atoms with Gasteiger partial charge in [-0.05, 0) is 29.9 Å². The van der Waals surface area contributed by atoms with Crippen molar-refractivity contribution in [2.24, 2.45) is 5.92 Å². The smallest absolute Gasteiger partial charge is 0.410 e. The molecule has 1 amide bonds. The molecular formula is C21H25NO3. The molecule has 1 N–H and O–H groups in total. The van der Waals surface area contributed by atoms with Gasteiger partial charge < -0.3 is 9.84 Å². The van der Waals surface area contributed by atoms with Gasteiger partial charge in [0.05, 0.1) is 12.6 Å². The molecule has 0 heterocycles. The highest BCUT2D eigenvalue weighted by Gasteiger charge is 2.34. The number of ether oxygens (including phenoxy) is 1. The highest BCUT2D eigenvalue weighted by atomic mass is 16.6. The van der Waals surface area contributed by atoms with Gasteiger partial charge in [0.1, 0.15) is 6.61 Å². The molecule has 0 radical (unpaired) electrons. The lowest BCUT2D eigenvalue weighted by atomic mass is 9.79. The third-order valence-corrected chi connectivity index (χ3v) is 4.92. The summed E-state index contributed by atoms with van der Waals surface area (Å²) in [5.74, 6) is 0.359. The topological polar surface area (TPSA) is 49.8 Å². The highest BCUT2D eigenvalue weighted by molar-refractivity contribution is 5.68. The van der Waals surface area contributed by atoms with Crippen LogP contribution in [0.4, 0.5) is 4.79 Å². The highest BCUT2D eigenvalue weighted by Crippen LogP contribution is 2.33. The Morgan fingerprint density at radius 3 is 2.16 bits per heavy atom. The van der Waals surface area contributed by atoms with Crippen molar-refractivity contribution in [3.8, 4) is 0 Å². The number of aliphatic hydroxyl groups excluding tert-OH is 1. The molecule has 25 heavy (non-hydrogen) atoms. The predicted octanol–water partition coefficient (Wildman–Crippen LogP) is 3.99. The van der Waals surface area contributed by atoms with Crippen LogP contribution in [0.2, 0.25) is 0 Å². The normalized spacial score (nSPS) is 15.2. The zero-order chi connectivity index (χ0) is 17.5. The van der Waals surface area contributed by atoms with E-state index in [1.807, 2.05) is 60.7 Å². The SMILES string of the molecule is O=C(OCc1ccccc1)N(Cc1ccccc1)C(CO)C1CCC1. The molecule has 0 aliphatic heterocycles. The lowest BCUT2D eigenvalue weighted by molar-refractivity contribution is 0.0248. The minimum Gasteiger partial charge on any atom is -0.445 e. The first kappa shape index (κ1) is 17.5. The Labute approximate surface area is 149 Å². The van der Waals surface area contributed by atoms with E-state index < -0.39 is 0 Å². The molecule has 1 aliphatic rings. The van der Waals surface area contributed by atoms with Crippen LogP contribution in [0.15, 0.2) is 60.7 Å². The van der Waals surface area contributed by atoms with Gasteiger partial charge in [0.25, 0.3) is 0 Å². The summed E-state index contributed by atoms with van der Waals surface area (Å²) in [5, 5.41) is 9.89. The summed E-state index contributed by atoms with van der Waals surface area (Å²) in [7, 11) is 0. The predicted molar refractivity (Wildman–Crippen MR) is 96.8 cm³/mol. The molecule has 2 aromatic carbocycles. The number of carbonyl (C=O) groups excluding carboxylic acids is 1. The molecule has 0 bridgehead atoms. The Morgan fingerprint density at radius 1 is 1.04 bits per heavy atom. The first-order valence-corrected chi connectivity index (χ1v) is 8.90. The third kappa shape index (κ3) is 4.60. The van der Waals surface area contributed by atoms with E-state index in [1.165, 1.54) is 6.42 Å². The number of amides is 1. The van der Waals surface area contributed by atoms with E-state index >= 15 is 0 Å². The van der Waals surface area contributed by atoms with E-state index in [0.717, 1.165) is 24.0 Å². The zero-order valence-electron chi connectivity index (χ0n) is 14.4. The van der Waals surface area contributed by atoms with Gasteiger partial charge in [-0.1, -0.05) is 67.1 Å². The minimum absolute atomic E-state index is 0.0298. The van der Waals surface area contributed by atoms with Gasteiger partial charge in [-0.3, -0.25) is 4.90 Å². The lowest BCUT2D eigenvalue weighted by Gasteiger charge is -2.39. The number of nitrogens with zero attached hydrogens (tertiary/aromatic N) is 1. The van der Waals surface area contributed by atoms with Crippen molar-refractivity contribution in [1.29, 1.82) is 0 Å². The molecule has 4 heteroatoms. The molecule has 1 fully saturated rings. The molecule has 0 spiro atoms. The van der Waals surface area contributed by atoms with Crippen molar-refractivity contribution >= 4 is 6.09 Å². The summed E-state index contributed by atoms with van der Waals surface area (Å²) >= 11 is 0. The van der Waals surface area contributed by atoms with Crippen LogP contribution in [0.1, 0.15) is 30.4 Å². The van der Waals surface area contributed by atoms with Gasteiger partial charge in [0, 0.05) is 6.54 Å². The Balaban J connectivity index is 1.71. The molecule has 1 saturated carbocycles. The molecular weight excluding hydrogens is 314 g/mol. The maximum absolute atomic E-state index is 12.8. The summed E-state index contributed by atoms with van der Waals surface area (Å²) in [4.78, 5) is 14.5.